The lowest BCUT2D eigenvalue weighted by Crippen LogP contribution is -2.32. The first kappa shape index (κ1) is 20.9. The fraction of sp³-hybridized carbons (Fsp3) is 0.500. The van der Waals surface area contributed by atoms with E-state index in [9.17, 15) is 14.7 Å². The van der Waals surface area contributed by atoms with Gasteiger partial charge in [-0.15, -0.1) is 0 Å². The van der Waals surface area contributed by atoms with Gasteiger partial charge in [0.1, 0.15) is 5.76 Å². The Morgan fingerprint density at radius 2 is 1.74 bits per heavy atom. The van der Waals surface area contributed by atoms with Crippen molar-refractivity contribution in [2.75, 3.05) is 13.1 Å². The Bertz CT molecular complexity index is 739. The molecule has 2 rings (SSSR count). The number of aliphatic hydroxyl groups is 1. The number of Topliss-reactive ketones (excluding diaryl/α,β-unsaturated/α-hetero) is 1. The minimum Gasteiger partial charge on any atom is -0.511 e. The van der Waals surface area contributed by atoms with Crippen molar-refractivity contribution >= 4 is 23.6 Å². The smallest absolute Gasteiger partial charge is 0.253 e. The van der Waals surface area contributed by atoms with Crippen molar-refractivity contribution in [2.24, 2.45) is 10.4 Å². The zero-order chi connectivity index (χ0) is 20.0. The summed E-state index contributed by atoms with van der Waals surface area (Å²) in [6, 6.07) is 7.03. The van der Waals surface area contributed by atoms with Gasteiger partial charge in [-0.3, -0.25) is 14.6 Å². The van der Waals surface area contributed by atoms with E-state index < -0.39 is 0 Å². The fourth-order valence-electron chi connectivity index (χ4n) is 3.31. The molecule has 0 fully saturated rings. The van der Waals surface area contributed by atoms with Gasteiger partial charge in [-0.05, 0) is 42.5 Å². The van der Waals surface area contributed by atoms with Gasteiger partial charge < -0.3 is 10.0 Å². The van der Waals surface area contributed by atoms with Crippen LogP contribution in [0.3, 0.4) is 0 Å². The third-order valence-corrected chi connectivity index (χ3v) is 4.63. The Morgan fingerprint density at radius 1 is 1.15 bits per heavy atom. The van der Waals surface area contributed by atoms with Crippen LogP contribution in [0.25, 0.3) is 0 Å². The highest BCUT2D eigenvalue weighted by Crippen LogP contribution is 2.35. The van der Waals surface area contributed by atoms with Gasteiger partial charge in [-0.2, -0.15) is 0 Å². The van der Waals surface area contributed by atoms with Crippen LogP contribution >= 0.6 is 0 Å². The number of allylic oxidation sites excluding steroid dienone is 2. The Labute approximate surface area is 161 Å². The molecule has 5 nitrogen and oxygen atoms in total. The van der Waals surface area contributed by atoms with E-state index in [1.807, 2.05) is 18.7 Å². The molecule has 0 radical (unpaired) electrons. The second kappa shape index (κ2) is 8.98. The maximum absolute atomic E-state index is 12.6. The number of ketones is 1. The van der Waals surface area contributed by atoms with Crippen LogP contribution in [-0.4, -0.2) is 41.0 Å². The summed E-state index contributed by atoms with van der Waals surface area (Å²) in [5, 5.41) is 10.1. The minimum atomic E-state index is -0.219. The molecule has 0 spiro atoms. The number of nitrogens with zero attached hydrogens (tertiary/aromatic N) is 2. The minimum absolute atomic E-state index is 0.0271. The van der Waals surface area contributed by atoms with Crippen LogP contribution in [-0.2, 0) is 4.79 Å². The molecule has 1 aliphatic rings. The summed E-state index contributed by atoms with van der Waals surface area (Å²) in [5.74, 6) is 0.0370. The van der Waals surface area contributed by atoms with E-state index in [0.717, 1.165) is 25.9 Å². The lowest BCUT2D eigenvalue weighted by molar-refractivity contribution is -0.117. The number of rotatable bonds is 7. The molecule has 5 heteroatoms. The van der Waals surface area contributed by atoms with Gasteiger partial charge in [0.15, 0.2) is 5.78 Å². The van der Waals surface area contributed by atoms with Crippen LogP contribution in [0, 0.1) is 5.41 Å². The van der Waals surface area contributed by atoms with Gasteiger partial charge in [0, 0.05) is 37.7 Å². The molecule has 0 saturated carbocycles. The van der Waals surface area contributed by atoms with Crippen LogP contribution in [0.5, 0.6) is 0 Å². The lowest BCUT2D eigenvalue weighted by Gasteiger charge is -2.28. The largest absolute Gasteiger partial charge is 0.511 e. The van der Waals surface area contributed by atoms with Gasteiger partial charge in [0.2, 0.25) is 0 Å². The molecule has 0 heterocycles. The summed E-state index contributed by atoms with van der Waals surface area (Å²) < 4.78 is 0. The quantitative estimate of drug-likeness (QED) is 0.697. The Balaban J connectivity index is 2.12. The molecule has 1 aliphatic carbocycles. The van der Waals surface area contributed by atoms with Crippen LogP contribution < -0.4 is 0 Å². The molecule has 1 N–H and O–H groups in total. The first-order chi connectivity index (χ1) is 12.8. The summed E-state index contributed by atoms with van der Waals surface area (Å²) in [4.78, 5) is 31.0. The summed E-state index contributed by atoms with van der Waals surface area (Å²) in [6.07, 6.45) is 4.16. The molecular formula is C22H30N2O3. The first-order valence-corrected chi connectivity index (χ1v) is 9.66. The summed E-state index contributed by atoms with van der Waals surface area (Å²) in [5.41, 5.74) is 1.34. The third kappa shape index (κ3) is 5.52. The third-order valence-electron chi connectivity index (χ3n) is 4.63. The van der Waals surface area contributed by atoms with Crippen LogP contribution in [0.2, 0.25) is 0 Å². The highest BCUT2D eigenvalue weighted by Gasteiger charge is 2.32. The first-order valence-electron chi connectivity index (χ1n) is 9.66. The summed E-state index contributed by atoms with van der Waals surface area (Å²) in [7, 11) is 0. The van der Waals surface area contributed by atoms with Crippen LogP contribution in [0.15, 0.2) is 40.6 Å². The monoisotopic (exact) mass is 370 g/mol. The van der Waals surface area contributed by atoms with Crippen molar-refractivity contribution in [3.05, 3.63) is 41.2 Å². The molecule has 0 atom stereocenters. The normalized spacial score (nSPS) is 16.8. The SMILES string of the molecule is CCCN(CCC)C(=O)c1ccc(N=CC2=C(O)CC(C)(C)CC2=O)cc1. The Kier molecular flexibility index (Phi) is 6.94. The zero-order valence-electron chi connectivity index (χ0n) is 16.8. The van der Waals surface area contributed by atoms with Gasteiger partial charge in [-0.25, -0.2) is 0 Å². The predicted molar refractivity (Wildman–Crippen MR) is 109 cm³/mol. The predicted octanol–water partition coefficient (Wildman–Crippen LogP) is 4.85. The van der Waals surface area contributed by atoms with Crippen molar-refractivity contribution in [1.82, 2.24) is 4.90 Å². The Hall–Kier alpha value is -2.43. The van der Waals surface area contributed by atoms with Gasteiger partial charge in [0.25, 0.3) is 5.91 Å². The van der Waals surface area contributed by atoms with Crippen LogP contribution in [0.4, 0.5) is 5.69 Å². The summed E-state index contributed by atoms with van der Waals surface area (Å²) >= 11 is 0. The number of benzene rings is 1. The molecule has 0 unspecified atom stereocenters. The van der Waals surface area contributed by atoms with E-state index in [-0.39, 0.29) is 28.4 Å². The maximum Gasteiger partial charge on any atom is 0.253 e. The van der Waals surface area contributed by atoms with Crippen LogP contribution in [0.1, 0.15) is 63.7 Å². The standard InChI is InChI=1S/C22H30N2O3/c1-5-11-24(12-6-2)21(27)16-7-9-17(10-8-16)23-15-18-19(25)13-22(3,4)14-20(18)26/h7-10,15,25H,5-6,11-14H2,1-4H3. The molecule has 0 bridgehead atoms. The highest BCUT2D eigenvalue weighted by atomic mass is 16.3. The number of hydrogen-bond acceptors (Lipinski definition) is 4. The van der Waals surface area contributed by atoms with Gasteiger partial charge in [-0.1, -0.05) is 27.7 Å². The van der Waals surface area contributed by atoms with E-state index in [2.05, 4.69) is 18.8 Å². The number of aliphatic hydroxyl groups excluding tert-OH is 1. The molecule has 0 saturated heterocycles. The average Bonchev–Trinajstić information content (AvgIpc) is 2.60. The molecular weight excluding hydrogens is 340 g/mol. The van der Waals surface area contributed by atoms with E-state index in [0.29, 0.717) is 24.1 Å². The van der Waals surface area contributed by atoms with E-state index >= 15 is 0 Å². The average molecular weight is 370 g/mol. The number of carbonyl (C=O) groups is 2. The molecule has 1 aromatic rings. The molecule has 1 amide bonds. The van der Waals surface area contributed by atoms with Crippen molar-refractivity contribution in [3.63, 3.8) is 0 Å². The maximum atomic E-state index is 12.6. The van der Waals surface area contributed by atoms with Crippen molar-refractivity contribution in [3.8, 4) is 0 Å². The molecule has 1 aromatic carbocycles. The van der Waals surface area contributed by atoms with Crippen molar-refractivity contribution in [2.45, 2.75) is 53.4 Å². The highest BCUT2D eigenvalue weighted by molar-refractivity contribution is 6.14. The van der Waals surface area contributed by atoms with Crippen molar-refractivity contribution in [1.29, 1.82) is 0 Å². The molecule has 27 heavy (non-hydrogen) atoms. The number of amides is 1. The molecule has 146 valence electrons. The second-order valence-corrected chi connectivity index (χ2v) is 7.90. The molecule has 0 aromatic heterocycles. The topological polar surface area (TPSA) is 70.0 Å². The van der Waals surface area contributed by atoms with E-state index in [4.69, 9.17) is 0 Å². The fourth-order valence-corrected chi connectivity index (χ4v) is 3.31. The summed E-state index contributed by atoms with van der Waals surface area (Å²) in [6.45, 7) is 9.55. The Morgan fingerprint density at radius 3 is 2.26 bits per heavy atom. The molecule has 0 aliphatic heterocycles. The lowest BCUT2D eigenvalue weighted by atomic mass is 9.77. The number of carbonyl (C=O) groups excluding carboxylic acids is 2. The number of hydrogen-bond donors (Lipinski definition) is 1. The zero-order valence-corrected chi connectivity index (χ0v) is 16.8. The second-order valence-electron chi connectivity index (χ2n) is 7.90. The van der Waals surface area contributed by atoms with Crippen molar-refractivity contribution < 1.29 is 14.7 Å². The number of aliphatic imine (C=N–C) groups is 1. The van der Waals surface area contributed by atoms with E-state index in [1.54, 1.807) is 24.3 Å². The van der Waals surface area contributed by atoms with Gasteiger partial charge in [0.05, 0.1) is 11.3 Å². The van der Waals surface area contributed by atoms with Gasteiger partial charge >= 0.3 is 0 Å². The van der Waals surface area contributed by atoms with E-state index in [1.165, 1.54) is 6.21 Å².